The monoisotopic (exact) mass is 231 g/mol. The maximum absolute atomic E-state index is 5.44. The molecular weight excluding hydrogens is 214 g/mol. The summed E-state index contributed by atoms with van der Waals surface area (Å²) in [6.07, 6.45) is 0. The van der Waals surface area contributed by atoms with Crippen LogP contribution in [0.15, 0.2) is 28.8 Å². The van der Waals surface area contributed by atoms with Crippen molar-refractivity contribution in [3.8, 4) is 11.5 Å². The molecule has 0 atom stereocenters. The number of hydrogen-bond donors (Lipinski definition) is 1. The topological polar surface area (TPSA) is 64.9 Å². The van der Waals surface area contributed by atoms with Crippen LogP contribution in [0.1, 0.15) is 32.2 Å². The quantitative estimate of drug-likeness (QED) is 0.862. The summed E-state index contributed by atoms with van der Waals surface area (Å²) < 4.78 is 5.13. The summed E-state index contributed by atoms with van der Waals surface area (Å²) in [4.78, 5) is 4.19. The summed E-state index contributed by atoms with van der Waals surface area (Å²) in [6.45, 7) is 6.84. The lowest BCUT2D eigenvalue weighted by Crippen LogP contribution is -2.10. The smallest absolute Gasteiger partial charge is 0.257 e. The predicted molar refractivity (Wildman–Crippen MR) is 66.3 cm³/mol. The fourth-order valence-corrected chi connectivity index (χ4v) is 1.57. The Hall–Kier alpha value is -1.68. The Morgan fingerprint density at radius 2 is 1.82 bits per heavy atom. The minimum Gasteiger partial charge on any atom is -0.334 e. The highest BCUT2D eigenvalue weighted by atomic mass is 16.5. The minimum absolute atomic E-state index is 0.149. The van der Waals surface area contributed by atoms with Crippen LogP contribution >= 0.6 is 0 Å². The van der Waals surface area contributed by atoms with Crippen LogP contribution in [0.25, 0.3) is 11.5 Å². The third-order valence-corrected chi connectivity index (χ3v) is 2.65. The molecule has 1 aromatic carbocycles. The highest BCUT2D eigenvalue weighted by molar-refractivity contribution is 5.53. The van der Waals surface area contributed by atoms with Crippen LogP contribution in [0.2, 0.25) is 0 Å². The maximum atomic E-state index is 5.44. The van der Waals surface area contributed by atoms with Crippen molar-refractivity contribution in [2.24, 2.45) is 5.73 Å². The summed E-state index contributed by atoms with van der Waals surface area (Å²) in [7, 11) is 0. The number of aromatic nitrogens is 2. The molecule has 0 fully saturated rings. The Kier molecular flexibility index (Phi) is 2.98. The van der Waals surface area contributed by atoms with Crippen molar-refractivity contribution in [1.29, 1.82) is 0 Å². The molecule has 0 amide bonds. The molecule has 0 aliphatic rings. The molecule has 0 saturated heterocycles. The molecule has 0 spiro atoms. The van der Waals surface area contributed by atoms with E-state index in [2.05, 4.69) is 43.0 Å². The molecule has 4 heteroatoms. The first-order valence-electron chi connectivity index (χ1n) is 5.64. The molecule has 17 heavy (non-hydrogen) atoms. The van der Waals surface area contributed by atoms with Crippen LogP contribution in [0.5, 0.6) is 0 Å². The molecule has 1 aromatic heterocycles. The van der Waals surface area contributed by atoms with Gasteiger partial charge in [0.2, 0.25) is 0 Å². The van der Waals surface area contributed by atoms with E-state index in [1.165, 1.54) is 5.56 Å². The molecular formula is C13H17N3O. The van der Waals surface area contributed by atoms with E-state index < -0.39 is 0 Å². The average Bonchev–Trinajstić information content (AvgIpc) is 2.76. The Bertz CT molecular complexity index is 494. The van der Waals surface area contributed by atoms with Gasteiger partial charge >= 0.3 is 0 Å². The predicted octanol–water partition coefficient (Wildman–Crippen LogP) is 2.49. The highest BCUT2D eigenvalue weighted by Gasteiger charge is 2.14. The number of rotatable bonds is 2. The lowest BCUT2D eigenvalue weighted by atomic mass is 9.87. The van der Waals surface area contributed by atoms with Gasteiger partial charge in [0.1, 0.15) is 0 Å². The van der Waals surface area contributed by atoms with Crippen LogP contribution in [0.3, 0.4) is 0 Å². The van der Waals surface area contributed by atoms with E-state index in [1.54, 1.807) is 0 Å². The molecule has 0 aliphatic carbocycles. The zero-order chi connectivity index (χ0) is 12.5. The summed E-state index contributed by atoms with van der Waals surface area (Å²) in [6, 6.07) is 8.16. The summed E-state index contributed by atoms with van der Waals surface area (Å²) in [5, 5.41) is 3.77. The van der Waals surface area contributed by atoms with E-state index >= 15 is 0 Å². The molecule has 90 valence electrons. The second-order valence-corrected chi connectivity index (χ2v) is 5.05. The van der Waals surface area contributed by atoms with Crippen molar-refractivity contribution in [1.82, 2.24) is 10.1 Å². The molecule has 0 bridgehead atoms. The molecule has 2 rings (SSSR count). The van der Waals surface area contributed by atoms with Crippen molar-refractivity contribution in [2.75, 3.05) is 0 Å². The molecule has 1 heterocycles. The van der Waals surface area contributed by atoms with Gasteiger partial charge in [-0.1, -0.05) is 38.1 Å². The van der Waals surface area contributed by atoms with Crippen LogP contribution in [0.4, 0.5) is 0 Å². The SMILES string of the molecule is CC(C)(C)c1ccc(-c2nc(CN)no2)cc1. The highest BCUT2D eigenvalue weighted by Crippen LogP contribution is 2.25. The van der Waals surface area contributed by atoms with Crippen LogP contribution in [0, 0.1) is 0 Å². The van der Waals surface area contributed by atoms with E-state index in [0.717, 1.165) is 5.56 Å². The largest absolute Gasteiger partial charge is 0.334 e. The first kappa shape index (κ1) is 11.8. The van der Waals surface area contributed by atoms with Gasteiger partial charge < -0.3 is 10.3 Å². The third kappa shape index (κ3) is 2.53. The van der Waals surface area contributed by atoms with Gasteiger partial charge in [0, 0.05) is 5.56 Å². The van der Waals surface area contributed by atoms with E-state index in [1.807, 2.05) is 12.1 Å². The van der Waals surface area contributed by atoms with Gasteiger partial charge in [-0.2, -0.15) is 4.98 Å². The average molecular weight is 231 g/mol. The fraction of sp³-hybridized carbons (Fsp3) is 0.385. The molecule has 0 radical (unpaired) electrons. The molecule has 4 nitrogen and oxygen atoms in total. The lowest BCUT2D eigenvalue weighted by molar-refractivity contribution is 0.423. The van der Waals surface area contributed by atoms with Crippen molar-refractivity contribution in [2.45, 2.75) is 32.7 Å². The van der Waals surface area contributed by atoms with Crippen molar-refractivity contribution in [3.05, 3.63) is 35.7 Å². The van der Waals surface area contributed by atoms with Crippen LogP contribution < -0.4 is 5.73 Å². The first-order chi connectivity index (χ1) is 8.00. The molecule has 2 aromatic rings. The third-order valence-electron chi connectivity index (χ3n) is 2.65. The number of benzene rings is 1. The molecule has 0 saturated carbocycles. The molecule has 0 unspecified atom stereocenters. The van der Waals surface area contributed by atoms with Gasteiger partial charge in [-0.05, 0) is 23.1 Å². The van der Waals surface area contributed by atoms with E-state index in [4.69, 9.17) is 10.3 Å². The summed E-state index contributed by atoms with van der Waals surface area (Å²) in [5.74, 6) is 1.05. The Morgan fingerprint density at radius 1 is 1.18 bits per heavy atom. The normalized spacial score (nSPS) is 11.8. The van der Waals surface area contributed by atoms with Gasteiger partial charge in [0.05, 0.1) is 6.54 Å². The van der Waals surface area contributed by atoms with Gasteiger partial charge in [-0.25, -0.2) is 0 Å². The zero-order valence-electron chi connectivity index (χ0n) is 10.4. The lowest BCUT2D eigenvalue weighted by Gasteiger charge is -2.18. The minimum atomic E-state index is 0.149. The van der Waals surface area contributed by atoms with Crippen molar-refractivity contribution in [3.63, 3.8) is 0 Å². The first-order valence-corrected chi connectivity index (χ1v) is 5.64. The Balaban J connectivity index is 2.29. The van der Waals surface area contributed by atoms with Gasteiger partial charge in [0.15, 0.2) is 5.82 Å². The number of nitrogens with two attached hydrogens (primary N) is 1. The van der Waals surface area contributed by atoms with Gasteiger partial charge in [-0.3, -0.25) is 0 Å². The van der Waals surface area contributed by atoms with E-state index in [9.17, 15) is 0 Å². The number of nitrogens with zero attached hydrogens (tertiary/aromatic N) is 2. The fourth-order valence-electron chi connectivity index (χ4n) is 1.57. The van der Waals surface area contributed by atoms with Crippen LogP contribution in [-0.2, 0) is 12.0 Å². The van der Waals surface area contributed by atoms with E-state index in [0.29, 0.717) is 18.3 Å². The van der Waals surface area contributed by atoms with Gasteiger partial charge in [0.25, 0.3) is 5.89 Å². The second kappa shape index (κ2) is 4.30. The summed E-state index contributed by atoms with van der Waals surface area (Å²) in [5.41, 5.74) is 7.79. The maximum Gasteiger partial charge on any atom is 0.257 e. The molecule has 0 aliphatic heterocycles. The zero-order valence-corrected chi connectivity index (χ0v) is 10.4. The van der Waals surface area contributed by atoms with Crippen molar-refractivity contribution < 1.29 is 4.52 Å². The van der Waals surface area contributed by atoms with E-state index in [-0.39, 0.29) is 5.41 Å². The van der Waals surface area contributed by atoms with Crippen LogP contribution in [-0.4, -0.2) is 10.1 Å². The number of hydrogen-bond acceptors (Lipinski definition) is 4. The standard InChI is InChI=1S/C13H17N3O/c1-13(2,3)10-6-4-9(5-7-10)12-15-11(8-14)16-17-12/h4-7H,8,14H2,1-3H3. The molecule has 2 N–H and O–H groups in total. The Labute approximate surface area is 101 Å². The van der Waals surface area contributed by atoms with Crippen molar-refractivity contribution >= 4 is 0 Å². The summed E-state index contributed by atoms with van der Waals surface area (Å²) >= 11 is 0. The second-order valence-electron chi connectivity index (χ2n) is 5.05. The Morgan fingerprint density at radius 3 is 2.29 bits per heavy atom. The van der Waals surface area contributed by atoms with Gasteiger partial charge in [-0.15, -0.1) is 0 Å².